The van der Waals surface area contributed by atoms with E-state index in [0.29, 0.717) is 5.92 Å². The molecule has 0 aliphatic heterocycles. The maximum Gasteiger partial charge on any atom is 0.150 e. The van der Waals surface area contributed by atoms with E-state index in [1.165, 1.54) is 5.56 Å². The zero-order valence-corrected chi connectivity index (χ0v) is 9.43. The normalized spacial score (nSPS) is 25.3. The summed E-state index contributed by atoms with van der Waals surface area (Å²) in [4.78, 5) is 10.7. The quantitative estimate of drug-likeness (QED) is 0.792. The first-order valence-corrected chi connectivity index (χ1v) is 6.00. The lowest BCUT2D eigenvalue weighted by molar-refractivity contribution is 0.109. The predicted molar refractivity (Wildman–Crippen MR) is 63.5 cm³/mol. The molecule has 2 rings (SSSR count). The van der Waals surface area contributed by atoms with Gasteiger partial charge in [0.2, 0.25) is 0 Å². The van der Waals surface area contributed by atoms with Crippen LogP contribution in [-0.4, -0.2) is 17.5 Å². The molecule has 1 aromatic rings. The molecule has 0 radical (unpaired) electrons. The van der Waals surface area contributed by atoms with Crippen molar-refractivity contribution in [3.05, 3.63) is 35.4 Å². The molecule has 0 heterocycles. The van der Waals surface area contributed by atoms with Gasteiger partial charge in [-0.25, -0.2) is 0 Å². The van der Waals surface area contributed by atoms with Gasteiger partial charge in [-0.15, -0.1) is 0 Å². The Morgan fingerprint density at radius 3 is 2.69 bits per heavy atom. The Labute approximate surface area is 96.3 Å². The highest BCUT2D eigenvalue weighted by molar-refractivity contribution is 5.74. The minimum Gasteiger partial charge on any atom is -0.393 e. The van der Waals surface area contributed by atoms with Gasteiger partial charge in [-0.2, -0.15) is 0 Å². The van der Waals surface area contributed by atoms with Crippen LogP contribution < -0.4 is 0 Å². The van der Waals surface area contributed by atoms with E-state index in [1.54, 1.807) is 0 Å². The Hall–Kier alpha value is -1.15. The summed E-state index contributed by atoms with van der Waals surface area (Å²) in [6.45, 7) is 0. The van der Waals surface area contributed by atoms with Gasteiger partial charge < -0.3 is 5.11 Å². The van der Waals surface area contributed by atoms with Gasteiger partial charge in [0.25, 0.3) is 0 Å². The summed E-state index contributed by atoms with van der Waals surface area (Å²) in [5, 5.41) is 9.43. The molecule has 0 atom stereocenters. The van der Waals surface area contributed by atoms with Crippen molar-refractivity contribution >= 4 is 6.29 Å². The lowest BCUT2D eigenvalue weighted by Gasteiger charge is -2.25. The zero-order valence-electron chi connectivity index (χ0n) is 9.43. The predicted octanol–water partition coefficient (Wildman–Crippen LogP) is 2.59. The van der Waals surface area contributed by atoms with Gasteiger partial charge in [-0.05, 0) is 49.7 Å². The van der Waals surface area contributed by atoms with Crippen LogP contribution in [0.5, 0.6) is 0 Å². The number of hydrogen-bond donors (Lipinski definition) is 1. The lowest BCUT2D eigenvalue weighted by atomic mass is 9.83. The molecular formula is C14H18O2. The fourth-order valence-electron chi connectivity index (χ4n) is 2.48. The highest BCUT2D eigenvalue weighted by atomic mass is 16.3. The Balaban J connectivity index is 1.95. The van der Waals surface area contributed by atoms with Crippen LogP contribution in [0.1, 0.15) is 41.6 Å². The van der Waals surface area contributed by atoms with E-state index < -0.39 is 0 Å². The summed E-state index contributed by atoms with van der Waals surface area (Å²) in [5.74, 6) is 0.672. The van der Waals surface area contributed by atoms with E-state index in [0.717, 1.165) is 44.0 Å². The van der Waals surface area contributed by atoms with Crippen molar-refractivity contribution in [2.75, 3.05) is 0 Å². The largest absolute Gasteiger partial charge is 0.393 e. The zero-order chi connectivity index (χ0) is 11.4. The van der Waals surface area contributed by atoms with Gasteiger partial charge in [0, 0.05) is 5.56 Å². The maximum atomic E-state index is 10.7. The molecule has 1 aromatic carbocycles. The number of hydrogen-bond acceptors (Lipinski definition) is 2. The molecule has 0 aromatic heterocycles. The second-order valence-electron chi connectivity index (χ2n) is 4.74. The first-order chi connectivity index (χ1) is 7.78. The summed E-state index contributed by atoms with van der Waals surface area (Å²) < 4.78 is 0. The number of carbonyl (C=O) groups excluding carboxylic acids is 1. The maximum absolute atomic E-state index is 10.7. The molecule has 0 unspecified atom stereocenters. The third-order valence-corrected chi connectivity index (χ3v) is 3.43. The summed E-state index contributed by atoms with van der Waals surface area (Å²) in [5.41, 5.74) is 2.00. The number of benzene rings is 1. The second-order valence-corrected chi connectivity index (χ2v) is 4.74. The summed E-state index contributed by atoms with van der Waals surface area (Å²) in [7, 11) is 0. The molecule has 1 saturated carbocycles. The third-order valence-electron chi connectivity index (χ3n) is 3.43. The van der Waals surface area contributed by atoms with Crippen molar-refractivity contribution in [3.8, 4) is 0 Å². The van der Waals surface area contributed by atoms with Gasteiger partial charge in [0.15, 0.2) is 0 Å². The molecule has 16 heavy (non-hydrogen) atoms. The van der Waals surface area contributed by atoms with Crippen molar-refractivity contribution in [3.63, 3.8) is 0 Å². The van der Waals surface area contributed by atoms with Crippen LogP contribution in [0.2, 0.25) is 0 Å². The Kier molecular flexibility index (Phi) is 3.73. The van der Waals surface area contributed by atoms with E-state index in [1.807, 2.05) is 18.2 Å². The molecule has 1 aliphatic rings. The average Bonchev–Trinajstić information content (AvgIpc) is 2.32. The monoisotopic (exact) mass is 218 g/mol. The van der Waals surface area contributed by atoms with Crippen molar-refractivity contribution in [2.45, 2.75) is 38.2 Å². The smallest absolute Gasteiger partial charge is 0.150 e. The Morgan fingerprint density at radius 1 is 1.25 bits per heavy atom. The first-order valence-electron chi connectivity index (χ1n) is 6.00. The van der Waals surface area contributed by atoms with E-state index in [2.05, 4.69) is 6.07 Å². The number of carbonyl (C=O) groups is 1. The number of rotatable bonds is 3. The van der Waals surface area contributed by atoms with Gasteiger partial charge in [-0.3, -0.25) is 4.79 Å². The van der Waals surface area contributed by atoms with Gasteiger partial charge in [0.05, 0.1) is 6.10 Å². The van der Waals surface area contributed by atoms with Crippen LogP contribution >= 0.6 is 0 Å². The topological polar surface area (TPSA) is 37.3 Å². The molecule has 0 bridgehead atoms. The minimum absolute atomic E-state index is 0.0856. The second kappa shape index (κ2) is 5.26. The van der Waals surface area contributed by atoms with Gasteiger partial charge in [0.1, 0.15) is 6.29 Å². The van der Waals surface area contributed by atoms with E-state index in [-0.39, 0.29) is 6.10 Å². The Morgan fingerprint density at radius 2 is 2.00 bits per heavy atom. The molecule has 2 heteroatoms. The van der Waals surface area contributed by atoms with Crippen molar-refractivity contribution in [2.24, 2.45) is 5.92 Å². The van der Waals surface area contributed by atoms with E-state index in [9.17, 15) is 9.90 Å². The molecule has 1 aliphatic carbocycles. The minimum atomic E-state index is -0.0856. The number of aldehydes is 1. The van der Waals surface area contributed by atoms with Crippen LogP contribution in [0.25, 0.3) is 0 Å². The van der Waals surface area contributed by atoms with Crippen LogP contribution in [0.15, 0.2) is 24.3 Å². The van der Waals surface area contributed by atoms with Gasteiger partial charge in [-0.1, -0.05) is 18.2 Å². The lowest BCUT2D eigenvalue weighted by Crippen LogP contribution is -2.19. The van der Waals surface area contributed by atoms with E-state index >= 15 is 0 Å². The molecular weight excluding hydrogens is 200 g/mol. The molecule has 0 spiro atoms. The molecule has 86 valence electrons. The number of aliphatic hydroxyl groups is 1. The van der Waals surface area contributed by atoms with Crippen molar-refractivity contribution < 1.29 is 9.90 Å². The molecule has 1 N–H and O–H groups in total. The van der Waals surface area contributed by atoms with Crippen LogP contribution in [-0.2, 0) is 6.42 Å². The Bertz CT molecular complexity index is 352. The number of aliphatic hydroxyl groups excluding tert-OH is 1. The highest BCUT2D eigenvalue weighted by Crippen LogP contribution is 2.27. The van der Waals surface area contributed by atoms with Crippen molar-refractivity contribution in [1.82, 2.24) is 0 Å². The average molecular weight is 218 g/mol. The summed E-state index contributed by atoms with van der Waals surface area (Å²) in [6.07, 6.45) is 5.91. The van der Waals surface area contributed by atoms with Gasteiger partial charge >= 0.3 is 0 Å². The van der Waals surface area contributed by atoms with Crippen molar-refractivity contribution in [1.29, 1.82) is 0 Å². The van der Waals surface area contributed by atoms with E-state index in [4.69, 9.17) is 0 Å². The third kappa shape index (κ3) is 2.92. The fraction of sp³-hybridized carbons (Fsp3) is 0.500. The van der Waals surface area contributed by atoms with Crippen LogP contribution in [0, 0.1) is 5.92 Å². The van der Waals surface area contributed by atoms with Crippen LogP contribution in [0.3, 0.4) is 0 Å². The SMILES string of the molecule is O=Cc1cccc(CC2CCC(O)CC2)c1. The summed E-state index contributed by atoms with van der Waals surface area (Å²) in [6, 6.07) is 7.83. The summed E-state index contributed by atoms with van der Waals surface area (Å²) >= 11 is 0. The fourth-order valence-corrected chi connectivity index (χ4v) is 2.48. The molecule has 1 fully saturated rings. The van der Waals surface area contributed by atoms with Crippen LogP contribution in [0.4, 0.5) is 0 Å². The molecule has 0 amide bonds. The highest BCUT2D eigenvalue weighted by Gasteiger charge is 2.19. The first kappa shape index (κ1) is 11.3. The standard InChI is InChI=1S/C14H18O2/c15-10-13-3-1-2-12(9-13)8-11-4-6-14(16)7-5-11/h1-3,9-11,14,16H,4-8H2. The molecule has 0 saturated heterocycles. The molecule has 2 nitrogen and oxygen atoms in total.